The Hall–Kier alpha value is -4.24. The number of sulfonamides is 1. The Kier molecular flexibility index (Phi) is 8.36. The molecule has 0 fully saturated rings. The van der Waals surface area contributed by atoms with Crippen molar-refractivity contribution in [1.82, 2.24) is 14.9 Å². The predicted octanol–water partition coefficient (Wildman–Crippen LogP) is 9.06. The average molecular weight is 711 g/mol. The van der Waals surface area contributed by atoms with Gasteiger partial charge >= 0.3 is 10.2 Å². The molecule has 48 heavy (non-hydrogen) atoms. The Labute approximate surface area is 276 Å². The maximum absolute atomic E-state index is 14.2. The van der Waals surface area contributed by atoms with Gasteiger partial charge in [-0.05, 0) is 72.7 Å². The van der Waals surface area contributed by atoms with Crippen molar-refractivity contribution in [3.8, 4) is 17.1 Å². The molecule has 1 aliphatic heterocycles. The lowest BCUT2D eigenvalue weighted by molar-refractivity contribution is 0.0513. The van der Waals surface area contributed by atoms with E-state index in [4.69, 9.17) is 4.74 Å². The van der Waals surface area contributed by atoms with Crippen LogP contribution in [-0.2, 0) is 16.6 Å². The summed E-state index contributed by atoms with van der Waals surface area (Å²) < 4.78 is 103. The number of nitrogens with zero attached hydrogens (tertiary/aromatic N) is 3. The molecule has 2 heterocycles. The SMILES string of the molecule is Cc1cccc(C)c1-c1cc2nc(n1)NS(=O)(=O)c1cccc(c1)C(=O)N(Cc1ccc(S(F)(F)(F)(F)F)cc1)[C@H](CC(C)(C)C)CO2. The lowest BCUT2D eigenvalue weighted by Crippen LogP contribution is -2.45. The summed E-state index contributed by atoms with van der Waals surface area (Å²) in [6.45, 7) is 9.12. The van der Waals surface area contributed by atoms with Crippen LogP contribution in [0.1, 0.15) is 54.2 Å². The molecule has 258 valence electrons. The molecule has 4 aromatic rings. The topological polar surface area (TPSA) is 101 Å². The summed E-state index contributed by atoms with van der Waals surface area (Å²) in [5.74, 6) is -0.887. The van der Waals surface area contributed by atoms with E-state index in [1.807, 2.05) is 52.8 Å². The third kappa shape index (κ3) is 8.06. The van der Waals surface area contributed by atoms with Crippen molar-refractivity contribution in [1.29, 1.82) is 0 Å². The van der Waals surface area contributed by atoms with Gasteiger partial charge in [-0.25, -0.2) is 18.1 Å². The number of ether oxygens (including phenoxy) is 1. The fourth-order valence-electron chi connectivity index (χ4n) is 5.60. The molecule has 0 aliphatic carbocycles. The molecular weight excluding hydrogens is 676 g/mol. The number of halogens is 5. The third-order valence-electron chi connectivity index (χ3n) is 7.75. The van der Waals surface area contributed by atoms with Gasteiger partial charge in [-0.1, -0.05) is 76.6 Å². The molecule has 4 bridgehead atoms. The van der Waals surface area contributed by atoms with E-state index in [0.29, 0.717) is 24.2 Å². The highest BCUT2D eigenvalue weighted by Gasteiger charge is 2.65. The zero-order valence-electron chi connectivity index (χ0n) is 26.8. The van der Waals surface area contributed by atoms with E-state index in [1.165, 1.54) is 29.2 Å². The average Bonchev–Trinajstić information content (AvgIpc) is 2.96. The van der Waals surface area contributed by atoms with Crippen LogP contribution in [0, 0.1) is 19.3 Å². The van der Waals surface area contributed by atoms with Crippen LogP contribution in [0.15, 0.2) is 82.6 Å². The summed E-state index contributed by atoms with van der Waals surface area (Å²) in [5, 5.41) is 0. The molecule has 8 nitrogen and oxygen atoms in total. The summed E-state index contributed by atoms with van der Waals surface area (Å²) >= 11 is 0. The largest absolute Gasteiger partial charge is 0.475 e. The number of benzene rings is 3. The monoisotopic (exact) mass is 710 g/mol. The summed E-state index contributed by atoms with van der Waals surface area (Å²) in [5.41, 5.74) is 2.60. The number of fused-ring (bicyclic) bond motifs is 4. The van der Waals surface area contributed by atoms with E-state index in [9.17, 15) is 32.6 Å². The maximum atomic E-state index is 14.2. The zero-order chi connectivity index (χ0) is 35.3. The second kappa shape index (κ2) is 11.4. The summed E-state index contributed by atoms with van der Waals surface area (Å²) in [6, 6.07) is 14.1. The van der Waals surface area contributed by atoms with Crippen LogP contribution in [0.3, 0.4) is 0 Å². The summed E-state index contributed by atoms with van der Waals surface area (Å²) in [7, 11) is -14.3. The van der Waals surface area contributed by atoms with Crippen molar-refractivity contribution < 1.29 is 37.4 Å². The Morgan fingerprint density at radius 1 is 0.917 bits per heavy atom. The van der Waals surface area contributed by atoms with Crippen LogP contribution in [0.4, 0.5) is 25.4 Å². The number of carbonyl (C=O) groups is 1. The molecule has 0 saturated carbocycles. The highest BCUT2D eigenvalue weighted by atomic mass is 32.5. The van der Waals surface area contributed by atoms with E-state index in [2.05, 4.69) is 14.7 Å². The van der Waals surface area contributed by atoms with E-state index in [-0.39, 0.29) is 41.0 Å². The second-order valence-electron chi connectivity index (χ2n) is 13.1. The van der Waals surface area contributed by atoms with Crippen LogP contribution in [0.25, 0.3) is 11.3 Å². The molecule has 1 amide bonds. The van der Waals surface area contributed by atoms with Crippen LogP contribution in [0.5, 0.6) is 5.88 Å². The number of aryl methyl sites for hydroxylation is 2. The van der Waals surface area contributed by atoms with E-state index < -0.39 is 42.5 Å². The standard InChI is InChI=1S/C33H35F5N4O4S2/c1-21-8-6-9-22(2)30(21)28-17-29-40-32(39-28)41-47(44,45)26-11-7-10-24(16-26)31(43)42(25(20-46-29)18-33(3,4)5)19-23-12-14-27(15-13-23)48(34,35,36,37)38/h6-17,25H,18-20H2,1-5H3,(H,39,40,41)/t25-/m1/s1. The molecule has 1 N–H and O–H groups in total. The number of nitrogens with one attached hydrogen (secondary N) is 1. The van der Waals surface area contributed by atoms with Gasteiger partial charge in [0.15, 0.2) is 0 Å². The van der Waals surface area contributed by atoms with E-state index >= 15 is 0 Å². The van der Waals surface area contributed by atoms with E-state index in [0.717, 1.165) is 28.8 Å². The lowest BCUT2D eigenvalue weighted by Gasteiger charge is -2.40. The molecule has 1 aromatic heterocycles. The minimum Gasteiger partial charge on any atom is -0.475 e. The Balaban J connectivity index is 1.66. The quantitative estimate of drug-likeness (QED) is 0.208. The van der Waals surface area contributed by atoms with Crippen molar-refractivity contribution in [2.24, 2.45) is 5.41 Å². The first-order chi connectivity index (χ1) is 22.0. The van der Waals surface area contributed by atoms with Gasteiger partial charge < -0.3 is 9.64 Å². The highest BCUT2D eigenvalue weighted by Crippen LogP contribution is 3.02. The molecule has 15 heteroatoms. The zero-order valence-corrected chi connectivity index (χ0v) is 28.4. The molecule has 0 unspecified atom stereocenters. The Bertz CT molecular complexity index is 1980. The van der Waals surface area contributed by atoms with Crippen LogP contribution in [0.2, 0.25) is 0 Å². The fourth-order valence-corrected chi connectivity index (χ4v) is 7.24. The van der Waals surface area contributed by atoms with Gasteiger partial charge in [0.2, 0.25) is 11.8 Å². The summed E-state index contributed by atoms with van der Waals surface area (Å²) in [6.07, 6.45) is 0.334. The van der Waals surface area contributed by atoms with Gasteiger partial charge in [0.05, 0.1) is 16.6 Å². The minimum absolute atomic E-state index is 0.0119. The minimum atomic E-state index is -9.93. The first-order valence-corrected chi connectivity index (χ1v) is 18.3. The van der Waals surface area contributed by atoms with E-state index in [1.54, 1.807) is 6.07 Å². The van der Waals surface area contributed by atoms with Crippen molar-refractivity contribution in [3.63, 3.8) is 0 Å². The van der Waals surface area contributed by atoms with Crippen molar-refractivity contribution in [3.05, 3.63) is 95.1 Å². The second-order valence-corrected chi connectivity index (χ2v) is 17.2. The molecule has 1 atom stereocenters. The van der Waals surface area contributed by atoms with Gasteiger partial charge in [0.1, 0.15) is 11.5 Å². The van der Waals surface area contributed by atoms with Crippen LogP contribution in [-0.4, -0.2) is 41.8 Å². The maximum Gasteiger partial charge on any atom is 0.310 e. The molecule has 0 radical (unpaired) electrons. The van der Waals surface area contributed by atoms with Gasteiger partial charge in [-0.15, -0.1) is 0 Å². The Morgan fingerprint density at radius 2 is 1.54 bits per heavy atom. The molecule has 0 saturated heterocycles. The number of hydrogen-bond acceptors (Lipinski definition) is 6. The van der Waals surface area contributed by atoms with Crippen molar-refractivity contribution >= 4 is 32.1 Å². The molecule has 0 spiro atoms. The van der Waals surface area contributed by atoms with Crippen molar-refractivity contribution in [2.75, 3.05) is 11.3 Å². The predicted molar refractivity (Wildman–Crippen MR) is 175 cm³/mol. The first-order valence-electron chi connectivity index (χ1n) is 14.8. The first kappa shape index (κ1) is 35.1. The van der Waals surface area contributed by atoms with Gasteiger partial charge in [0.25, 0.3) is 15.9 Å². The summed E-state index contributed by atoms with van der Waals surface area (Å²) in [4.78, 5) is 22.0. The molecular formula is C33H35F5N4O4S2. The van der Waals surface area contributed by atoms with Gasteiger partial charge in [0, 0.05) is 23.7 Å². The van der Waals surface area contributed by atoms with Crippen LogP contribution >= 0.6 is 10.2 Å². The normalized spacial score (nSPS) is 18.2. The van der Waals surface area contributed by atoms with Gasteiger partial charge in [-0.3, -0.25) is 4.79 Å². The number of hydrogen-bond donors (Lipinski definition) is 1. The number of rotatable bonds is 5. The number of amides is 1. The Morgan fingerprint density at radius 3 is 2.15 bits per heavy atom. The number of carbonyl (C=O) groups excluding carboxylic acids is 1. The number of aromatic nitrogens is 2. The molecule has 3 aromatic carbocycles. The fraction of sp³-hybridized carbons (Fsp3) is 0.303. The lowest BCUT2D eigenvalue weighted by atomic mass is 9.87. The molecule has 5 rings (SSSR count). The van der Waals surface area contributed by atoms with Gasteiger partial charge in [-0.2, -0.15) is 4.98 Å². The molecule has 1 aliphatic rings. The highest BCUT2D eigenvalue weighted by molar-refractivity contribution is 8.45. The number of anilines is 1. The van der Waals surface area contributed by atoms with Crippen LogP contribution < -0.4 is 9.46 Å². The smallest absolute Gasteiger partial charge is 0.310 e. The third-order valence-corrected chi connectivity index (χ3v) is 10.2. The van der Waals surface area contributed by atoms with Crippen molar-refractivity contribution in [2.45, 2.75) is 63.4 Å².